The number of ether oxygens (including phenoxy) is 2. The van der Waals surface area contributed by atoms with E-state index in [0.717, 1.165) is 25.9 Å². The molecule has 0 atom stereocenters. The maximum absolute atomic E-state index is 5.62. The molecule has 2 nitrogen and oxygen atoms in total. The molecule has 0 rings (SSSR count). The van der Waals surface area contributed by atoms with E-state index in [1.54, 1.807) is 0 Å². The van der Waals surface area contributed by atoms with E-state index in [1.807, 2.05) is 0 Å². The van der Waals surface area contributed by atoms with E-state index in [9.17, 15) is 0 Å². The Kier molecular flexibility index (Phi) is 6.54. The zero-order valence-corrected chi connectivity index (χ0v) is 11.2. The summed E-state index contributed by atoms with van der Waals surface area (Å²) < 4.78 is 11.2. The second-order valence-corrected chi connectivity index (χ2v) is 5.82. The predicted octanol–water partition coefficient (Wildman–Crippen LogP) is 3.09. The summed E-state index contributed by atoms with van der Waals surface area (Å²) in [6.45, 7) is 14.0. The highest BCUT2D eigenvalue weighted by molar-refractivity contribution is 6.35. The first-order valence-electron chi connectivity index (χ1n) is 5.80. The zero-order chi connectivity index (χ0) is 11.9. The van der Waals surface area contributed by atoms with Gasteiger partial charge >= 0.3 is 0 Å². The van der Waals surface area contributed by atoms with Gasteiger partial charge in [-0.1, -0.05) is 6.32 Å². The quantitative estimate of drug-likeness (QED) is 0.498. The van der Waals surface area contributed by atoms with Gasteiger partial charge in [0.2, 0.25) is 0 Å². The van der Waals surface area contributed by atoms with E-state index in [0.29, 0.717) is 0 Å². The highest BCUT2D eigenvalue weighted by Gasteiger charge is 2.10. The van der Waals surface area contributed by atoms with E-state index in [1.165, 1.54) is 0 Å². The van der Waals surface area contributed by atoms with Gasteiger partial charge < -0.3 is 9.47 Å². The number of hydrogen-bond acceptors (Lipinski definition) is 2. The molecule has 0 saturated carbocycles. The van der Waals surface area contributed by atoms with E-state index in [2.05, 4.69) is 48.8 Å². The monoisotopic (exact) mass is 213 g/mol. The van der Waals surface area contributed by atoms with Crippen molar-refractivity contribution in [3.63, 3.8) is 0 Å². The van der Waals surface area contributed by atoms with Gasteiger partial charge in [0, 0.05) is 13.1 Å². The van der Waals surface area contributed by atoms with Crippen LogP contribution in [0.1, 0.15) is 48.0 Å². The molecule has 89 valence electrons. The van der Waals surface area contributed by atoms with Crippen molar-refractivity contribution in [1.29, 1.82) is 0 Å². The van der Waals surface area contributed by atoms with Crippen LogP contribution in [0.3, 0.4) is 0 Å². The zero-order valence-electron chi connectivity index (χ0n) is 11.2. The highest BCUT2D eigenvalue weighted by Crippen LogP contribution is 2.08. The topological polar surface area (TPSA) is 18.5 Å². The third kappa shape index (κ3) is 14.0. The average molecular weight is 213 g/mol. The molecule has 3 heteroatoms. The fourth-order valence-electron chi connectivity index (χ4n) is 0.998. The highest BCUT2D eigenvalue weighted by atomic mass is 16.5. The molecule has 0 fully saturated rings. The minimum Gasteiger partial charge on any atom is -0.385 e. The largest absolute Gasteiger partial charge is 0.385 e. The summed E-state index contributed by atoms with van der Waals surface area (Å²) in [5.41, 5.74) is -0.0413. The van der Waals surface area contributed by atoms with Gasteiger partial charge in [0.25, 0.3) is 0 Å². The maximum Gasteiger partial charge on any atom is 0.145 e. The lowest BCUT2D eigenvalue weighted by Gasteiger charge is -2.20. The molecule has 1 radical (unpaired) electrons. The van der Waals surface area contributed by atoms with Gasteiger partial charge in [-0.25, -0.2) is 0 Å². The van der Waals surface area contributed by atoms with Gasteiger partial charge in [-0.3, -0.25) is 0 Å². The van der Waals surface area contributed by atoms with Gasteiger partial charge in [0.15, 0.2) is 0 Å². The third-order valence-electron chi connectivity index (χ3n) is 1.72. The molecule has 0 aliphatic rings. The first-order valence-corrected chi connectivity index (χ1v) is 5.80. The first kappa shape index (κ1) is 15.0. The van der Waals surface area contributed by atoms with Crippen LogP contribution in [0.4, 0.5) is 0 Å². The molecule has 0 bridgehead atoms. The van der Waals surface area contributed by atoms with E-state index >= 15 is 0 Å². The van der Waals surface area contributed by atoms with Gasteiger partial charge in [-0.2, -0.15) is 0 Å². The Morgan fingerprint density at radius 2 is 1.40 bits per heavy atom. The van der Waals surface area contributed by atoms with E-state index in [4.69, 9.17) is 9.47 Å². The molecule has 0 aromatic carbocycles. The van der Waals surface area contributed by atoms with Crippen molar-refractivity contribution < 1.29 is 9.47 Å². The Balaban J connectivity index is 3.20. The van der Waals surface area contributed by atoms with Crippen molar-refractivity contribution in [3.8, 4) is 0 Å². The van der Waals surface area contributed by atoms with Gasteiger partial charge in [0.05, 0.1) is 11.2 Å². The van der Waals surface area contributed by atoms with Crippen LogP contribution in [0.25, 0.3) is 0 Å². The predicted molar refractivity (Wildman–Crippen MR) is 66.6 cm³/mol. The van der Waals surface area contributed by atoms with Crippen LogP contribution in [0, 0.1) is 0 Å². The normalized spacial score (nSPS) is 12.9. The van der Waals surface area contributed by atoms with Crippen molar-refractivity contribution >= 4 is 7.28 Å². The lowest BCUT2D eigenvalue weighted by Crippen LogP contribution is -2.22. The minimum atomic E-state index is -0.0294. The summed E-state index contributed by atoms with van der Waals surface area (Å²) >= 11 is 0. The summed E-state index contributed by atoms with van der Waals surface area (Å²) in [7, 11) is 2.18. The Morgan fingerprint density at radius 3 is 1.87 bits per heavy atom. The number of hydrogen-bond donors (Lipinski definition) is 0. The minimum absolute atomic E-state index is 0.0120. The SMILES string of the molecule is CC(C)(C)OC[B]CCCOC(C)(C)C. The van der Waals surface area contributed by atoms with Crippen LogP contribution in [0.15, 0.2) is 0 Å². The summed E-state index contributed by atoms with van der Waals surface area (Å²) in [4.78, 5) is 0. The summed E-state index contributed by atoms with van der Waals surface area (Å²) in [5, 5.41) is 0. The summed E-state index contributed by atoms with van der Waals surface area (Å²) in [6, 6.07) is 0. The molecule has 0 aromatic rings. The Hall–Kier alpha value is -0.0151. The number of rotatable bonds is 6. The van der Waals surface area contributed by atoms with Crippen LogP contribution >= 0.6 is 0 Å². The molecule has 0 aliphatic carbocycles. The average Bonchev–Trinajstić information content (AvgIpc) is 1.98. The third-order valence-corrected chi connectivity index (χ3v) is 1.72. The van der Waals surface area contributed by atoms with Crippen molar-refractivity contribution in [1.82, 2.24) is 0 Å². The van der Waals surface area contributed by atoms with Gasteiger partial charge in [0.1, 0.15) is 7.28 Å². The summed E-state index contributed by atoms with van der Waals surface area (Å²) in [6.07, 6.45) is 2.14. The fraction of sp³-hybridized carbons (Fsp3) is 1.00. The molecule has 15 heavy (non-hydrogen) atoms. The van der Waals surface area contributed by atoms with Crippen LogP contribution in [-0.2, 0) is 9.47 Å². The second kappa shape index (κ2) is 6.54. The molecule has 0 aromatic heterocycles. The van der Waals surface area contributed by atoms with E-state index in [-0.39, 0.29) is 11.2 Å². The Morgan fingerprint density at radius 1 is 0.867 bits per heavy atom. The molecule has 0 N–H and O–H groups in total. The smallest absolute Gasteiger partial charge is 0.145 e. The first-order chi connectivity index (χ1) is 6.71. The molecule has 0 saturated heterocycles. The maximum atomic E-state index is 5.62. The summed E-state index contributed by atoms with van der Waals surface area (Å²) in [5.74, 6) is 0. The van der Waals surface area contributed by atoms with Crippen LogP contribution in [0.2, 0.25) is 6.32 Å². The van der Waals surface area contributed by atoms with Crippen LogP contribution < -0.4 is 0 Å². The van der Waals surface area contributed by atoms with Crippen molar-refractivity contribution in [2.24, 2.45) is 0 Å². The molecule has 0 amide bonds. The Labute approximate surface area is 96.0 Å². The standard InChI is InChI=1S/C12H26BO2/c1-11(2,3)14-9-7-8-13-10-15-12(4,5)6/h7-10H2,1-6H3. The molecule has 0 unspecified atom stereocenters. The van der Waals surface area contributed by atoms with Crippen molar-refractivity contribution in [3.05, 3.63) is 0 Å². The molecule has 0 aliphatic heterocycles. The van der Waals surface area contributed by atoms with Crippen LogP contribution in [0.5, 0.6) is 0 Å². The van der Waals surface area contributed by atoms with Crippen LogP contribution in [-0.4, -0.2) is 31.6 Å². The van der Waals surface area contributed by atoms with Gasteiger partial charge in [-0.05, 0) is 48.0 Å². The molecular weight excluding hydrogens is 187 g/mol. The van der Waals surface area contributed by atoms with Gasteiger partial charge in [-0.15, -0.1) is 0 Å². The molecule has 0 heterocycles. The van der Waals surface area contributed by atoms with E-state index < -0.39 is 0 Å². The Bertz CT molecular complexity index is 138. The second-order valence-electron chi connectivity index (χ2n) is 5.82. The van der Waals surface area contributed by atoms with Crippen molar-refractivity contribution in [2.75, 3.05) is 13.1 Å². The van der Waals surface area contributed by atoms with Crippen molar-refractivity contribution in [2.45, 2.75) is 65.5 Å². The fourth-order valence-corrected chi connectivity index (χ4v) is 0.998. The lowest BCUT2D eigenvalue weighted by molar-refractivity contribution is -0.00259. The molecular formula is C12H26BO2. The lowest BCUT2D eigenvalue weighted by atomic mass is 9.74. The molecule has 0 spiro atoms.